The second-order valence-corrected chi connectivity index (χ2v) is 6.85. The number of carbonyl (C=O) groups is 2. The lowest BCUT2D eigenvalue weighted by molar-refractivity contribution is -0.133. The van der Waals surface area contributed by atoms with Crippen LogP contribution in [0.2, 0.25) is 0 Å². The van der Waals surface area contributed by atoms with Gasteiger partial charge in [-0.25, -0.2) is 0 Å². The molecule has 1 fully saturated rings. The molecule has 0 bridgehead atoms. The molecule has 0 saturated carbocycles. The van der Waals surface area contributed by atoms with Gasteiger partial charge in [0.15, 0.2) is 6.29 Å². The molecule has 1 aromatic rings. The first-order valence-corrected chi connectivity index (χ1v) is 7.61. The minimum absolute atomic E-state index is 0.218. The molecule has 0 amide bonds. The summed E-state index contributed by atoms with van der Waals surface area (Å²) < 4.78 is 1.12. The van der Waals surface area contributed by atoms with Gasteiger partial charge in [0.25, 0.3) is 0 Å². The molecule has 0 spiro atoms. The molecule has 20 heavy (non-hydrogen) atoms. The Hall–Kier alpha value is -1.16. The zero-order valence-electron chi connectivity index (χ0n) is 12.4. The summed E-state index contributed by atoms with van der Waals surface area (Å²) >= 11 is 3.58. The maximum atomic E-state index is 11.8. The first kappa shape index (κ1) is 15.2. The smallest absolute Gasteiger partial charge is 0.200 e. The average Bonchev–Trinajstić information content (AvgIpc) is 2.69. The third kappa shape index (κ3) is 2.41. The van der Waals surface area contributed by atoms with Crippen molar-refractivity contribution in [2.24, 2.45) is 5.92 Å². The summed E-state index contributed by atoms with van der Waals surface area (Å²) in [5, 5.41) is 0. The summed E-state index contributed by atoms with van der Waals surface area (Å²) in [5.74, 6) is -0.507. The normalized spacial score (nSPS) is 21.1. The van der Waals surface area contributed by atoms with Crippen LogP contribution in [0.4, 0.5) is 5.69 Å². The van der Waals surface area contributed by atoms with Gasteiger partial charge in [-0.2, -0.15) is 0 Å². The highest BCUT2D eigenvalue weighted by molar-refractivity contribution is 9.10. The Labute approximate surface area is 128 Å². The zero-order chi connectivity index (χ0) is 15.1. The van der Waals surface area contributed by atoms with Gasteiger partial charge in [0.1, 0.15) is 0 Å². The van der Waals surface area contributed by atoms with E-state index in [1.54, 1.807) is 0 Å². The molecule has 1 aliphatic heterocycles. The van der Waals surface area contributed by atoms with E-state index in [0.29, 0.717) is 6.29 Å². The maximum Gasteiger partial charge on any atom is 0.200 e. The van der Waals surface area contributed by atoms with E-state index in [9.17, 15) is 9.59 Å². The fourth-order valence-electron chi connectivity index (χ4n) is 3.20. The van der Waals surface area contributed by atoms with Gasteiger partial charge in [-0.15, -0.1) is 0 Å². The van der Waals surface area contributed by atoms with Crippen molar-refractivity contribution < 1.29 is 9.59 Å². The average molecular weight is 338 g/mol. The Balaban J connectivity index is 2.40. The molecular weight excluding hydrogens is 318 g/mol. The standard InChI is InChI=1S/C16H20BrNO2/c1-10-7-12(8-11(2)15(10)17)18-6-5-13(14(20)9-19)16(18,3)4/h7-9,13H,5-6H2,1-4H3. The number of hydrogen-bond acceptors (Lipinski definition) is 3. The molecular formula is C16H20BrNO2. The van der Waals surface area contributed by atoms with Gasteiger partial charge >= 0.3 is 0 Å². The van der Waals surface area contributed by atoms with E-state index in [4.69, 9.17) is 0 Å². The van der Waals surface area contributed by atoms with Crippen LogP contribution in [-0.2, 0) is 9.59 Å². The van der Waals surface area contributed by atoms with Crippen molar-refractivity contribution in [3.8, 4) is 0 Å². The SMILES string of the molecule is Cc1cc(N2CCC(C(=O)C=O)C2(C)C)cc(C)c1Br. The molecule has 3 nitrogen and oxygen atoms in total. The van der Waals surface area contributed by atoms with Gasteiger partial charge in [-0.1, -0.05) is 15.9 Å². The van der Waals surface area contributed by atoms with Crippen molar-refractivity contribution in [1.29, 1.82) is 0 Å². The third-order valence-electron chi connectivity index (χ3n) is 4.38. The molecule has 2 rings (SSSR count). The highest BCUT2D eigenvalue weighted by Crippen LogP contribution is 2.40. The number of aryl methyl sites for hydroxylation is 2. The van der Waals surface area contributed by atoms with Gasteiger partial charge < -0.3 is 4.90 Å². The molecule has 0 radical (unpaired) electrons. The summed E-state index contributed by atoms with van der Waals surface area (Å²) in [6.07, 6.45) is 1.20. The Kier molecular flexibility index (Phi) is 4.05. The minimum Gasteiger partial charge on any atom is -0.366 e. The number of halogens is 1. The first-order valence-electron chi connectivity index (χ1n) is 6.82. The first-order chi connectivity index (χ1) is 9.28. The van der Waals surface area contributed by atoms with Crippen molar-refractivity contribution in [2.75, 3.05) is 11.4 Å². The summed E-state index contributed by atoms with van der Waals surface area (Å²) in [7, 11) is 0. The van der Waals surface area contributed by atoms with Crippen molar-refractivity contribution in [2.45, 2.75) is 39.7 Å². The van der Waals surface area contributed by atoms with Crippen LogP contribution >= 0.6 is 15.9 Å². The summed E-state index contributed by atoms with van der Waals surface area (Å²) in [4.78, 5) is 24.8. The lowest BCUT2D eigenvalue weighted by Crippen LogP contribution is -2.45. The molecule has 1 unspecified atom stereocenters. The molecule has 1 heterocycles. The second-order valence-electron chi connectivity index (χ2n) is 6.06. The lowest BCUT2D eigenvalue weighted by atomic mass is 9.85. The number of Topliss-reactive ketones (excluding diaryl/α,β-unsaturated/α-hetero) is 1. The molecule has 1 atom stereocenters. The number of anilines is 1. The maximum absolute atomic E-state index is 11.8. The predicted molar refractivity (Wildman–Crippen MR) is 84.2 cm³/mol. The van der Waals surface area contributed by atoms with Crippen LogP contribution in [0.5, 0.6) is 0 Å². The van der Waals surface area contributed by atoms with Crippen LogP contribution in [0.1, 0.15) is 31.4 Å². The van der Waals surface area contributed by atoms with Crippen LogP contribution in [0, 0.1) is 19.8 Å². The van der Waals surface area contributed by atoms with Crippen LogP contribution in [0.25, 0.3) is 0 Å². The highest BCUT2D eigenvalue weighted by atomic mass is 79.9. The second kappa shape index (κ2) is 5.32. The van der Waals surface area contributed by atoms with Crippen LogP contribution < -0.4 is 4.90 Å². The third-order valence-corrected chi connectivity index (χ3v) is 5.63. The predicted octanol–water partition coefficient (Wildman–Crippen LogP) is 3.44. The molecule has 4 heteroatoms. The monoisotopic (exact) mass is 337 g/mol. The Bertz CT molecular complexity index is 543. The molecule has 1 aliphatic rings. The number of carbonyl (C=O) groups excluding carboxylic acids is 2. The Morgan fingerprint density at radius 1 is 1.35 bits per heavy atom. The summed E-state index contributed by atoms with van der Waals surface area (Å²) in [5.41, 5.74) is 3.15. The quantitative estimate of drug-likeness (QED) is 0.626. The van der Waals surface area contributed by atoms with Crippen LogP contribution in [-0.4, -0.2) is 24.2 Å². The van der Waals surface area contributed by atoms with Gasteiger partial charge in [0.2, 0.25) is 5.78 Å². The lowest BCUT2D eigenvalue weighted by Gasteiger charge is -2.37. The largest absolute Gasteiger partial charge is 0.366 e. The van der Waals surface area contributed by atoms with Gasteiger partial charge in [0.05, 0.1) is 0 Å². The fourth-order valence-corrected chi connectivity index (χ4v) is 3.43. The number of rotatable bonds is 3. The highest BCUT2D eigenvalue weighted by Gasteiger charge is 2.45. The number of benzene rings is 1. The number of hydrogen-bond donors (Lipinski definition) is 0. The van der Waals surface area contributed by atoms with E-state index in [2.05, 4.69) is 46.8 Å². The zero-order valence-corrected chi connectivity index (χ0v) is 14.0. The van der Waals surface area contributed by atoms with Crippen molar-refractivity contribution in [3.05, 3.63) is 27.7 Å². The van der Waals surface area contributed by atoms with E-state index in [1.165, 1.54) is 11.1 Å². The van der Waals surface area contributed by atoms with E-state index < -0.39 is 0 Å². The molecule has 0 aliphatic carbocycles. The van der Waals surface area contributed by atoms with Crippen LogP contribution in [0.15, 0.2) is 16.6 Å². The number of ketones is 1. The van der Waals surface area contributed by atoms with E-state index in [0.717, 1.165) is 23.1 Å². The van der Waals surface area contributed by atoms with E-state index >= 15 is 0 Å². The van der Waals surface area contributed by atoms with Gasteiger partial charge in [0, 0.05) is 28.2 Å². The fraction of sp³-hybridized carbons (Fsp3) is 0.500. The Morgan fingerprint density at radius 3 is 2.40 bits per heavy atom. The molecule has 1 aromatic carbocycles. The van der Waals surface area contributed by atoms with Crippen molar-refractivity contribution in [3.63, 3.8) is 0 Å². The van der Waals surface area contributed by atoms with E-state index in [1.807, 2.05) is 13.8 Å². The topological polar surface area (TPSA) is 37.4 Å². The molecule has 0 N–H and O–H groups in total. The summed E-state index contributed by atoms with van der Waals surface area (Å²) in [6.45, 7) is 9.02. The minimum atomic E-state index is -0.329. The number of nitrogens with zero attached hydrogens (tertiary/aromatic N) is 1. The Morgan fingerprint density at radius 2 is 1.90 bits per heavy atom. The summed E-state index contributed by atoms with van der Waals surface area (Å²) in [6, 6.07) is 4.26. The van der Waals surface area contributed by atoms with Crippen molar-refractivity contribution >= 4 is 33.7 Å². The molecule has 1 saturated heterocycles. The number of aldehydes is 1. The van der Waals surface area contributed by atoms with E-state index in [-0.39, 0.29) is 17.2 Å². The molecule has 108 valence electrons. The van der Waals surface area contributed by atoms with Crippen LogP contribution in [0.3, 0.4) is 0 Å². The molecule has 0 aromatic heterocycles. The van der Waals surface area contributed by atoms with Gasteiger partial charge in [-0.05, 0) is 57.4 Å². The van der Waals surface area contributed by atoms with Crippen molar-refractivity contribution in [1.82, 2.24) is 0 Å². The van der Waals surface area contributed by atoms with Gasteiger partial charge in [-0.3, -0.25) is 9.59 Å².